The van der Waals surface area contributed by atoms with Crippen molar-refractivity contribution in [1.29, 1.82) is 0 Å². The fourth-order valence-electron chi connectivity index (χ4n) is 10.7. The van der Waals surface area contributed by atoms with Gasteiger partial charge in [0.25, 0.3) is 0 Å². The predicted octanol–water partition coefficient (Wildman–Crippen LogP) is 6.18. The van der Waals surface area contributed by atoms with E-state index in [0.29, 0.717) is 60.6 Å². The van der Waals surface area contributed by atoms with E-state index in [1.807, 2.05) is 12.2 Å². The van der Waals surface area contributed by atoms with Crippen molar-refractivity contribution in [2.45, 2.75) is 116 Å². The van der Waals surface area contributed by atoms with Crippen LogP contribution in [0.25, 0.3) is 0 Å². The lowest BCUT2D eigenvalue weighted by Crippen LogP contribution is -2.58. The Bertz CT molecular complexity index is 977. The minimum absolute atomic E-state index is 0.0736. The number of hydrogen-bond donors (Lipinski definition) is 2. The van der Waals surface area contributed by atoms with Gasteiger partial charge in [0.05, 0.1) is 17.9 Å². The first-order valence-electron chi connectivity index (χ1n) is 15.3. The monoisotopic (exact) mass is 513 g/mol. The molecule has 1 heterocycles. The SMILES string of the molecule is C[C@H](CCC(=O)N1CCC2=C1C(F)CC=C2)[C@H]1CC[C@H]2[C@@H]3CC[C@@H]4C[C@H](O)CC[C@]4(C)[C@H]3C[C@H](O)[C@]12C. The van der Waals surface area contributed by atoms with Gasteiger partial charge in [-0.15, -0.1) is 0 Å². The average Bonchev–Trinajstić information content (AvgIpc) is 3.47. The molecule has 0 radical (unpaired) electrons. The standard InChI is InChI=1S/C32H48FNO3/c1-19(7-12-29(37)34-16-14-20-5-4-6-27(33)30(20)34)24-10-11-25-23-9-8-21-17-22(35)13-15-31(21,2)26(23)18-28(36)32(24,25)3/h4-5,19,21-28,35-36H,6-18H2,1-3H3/t19-,21-,22-,23+,24-,25+,26+,27?,28+,31+,32-/m1/s1. The predicted molar refractivity (Wildman–Crippen MR) is 143 cm³/mol. The van der Waals surface area contributed by atoms with Crippen molar-refractivity contribution in [3.05, 3.63) is 23.4 Å². The number of nitrogens with zero attached hydrogens (tertiary/aromatic N) is 1. The first kappa shape index (κ1) is 26.0. The van der Waals surface area contributed by atoms with Gasteiger partial charge in [0.15, 0.2) is 0 Å². The van der Waals surface area contributed by atoms with Crippen molar-refractivity contribution in [3.8, 4) is 0 Å². The van der Waals surface area contributed by atoms with Gasteiger partial charge in [-0.05, 0) is 116 Å². The molecular weight excluding hydrogens is 465 g/mol. The quantitative estimate of drug-likeness (QED) is 0.472. The number of aliphatic hydroxyl groups is 2. The molecule has 1 amide bonds. The molecule has 1 unspecified atom stereocenters. The number of halogens is 1. The molecule has 6 rings (SSSR count). The second-order valence-electron chi connectivity index (χ2n) is 14.2. The normalized spacial score (nSPS) is 47.8. The van der Waals surface area contributed by atoms with Crippen LogP contribution in [0.15, 0.2) is 23.4 Å². The molecule has 2 N–H and O–H groups in total. The minimum atomic E-state index is -1.05. The Hall–Kier alpha value is -1.20. The molecule has 206 valence electrons. The van der Waals surface area contributed by atoms with Gasteiger partial charge >= 0.3 is 0 Å². The molecule has 0 aromatic heterocycles. The van der Waals surface area contributed by atoms with Crippen LogP contribution in [0.5, 0.6) is 0 Å². The van der Waals surface area contributed by atoms with Crippen LogP contribution in [0.2, 0.25) is 0 Å². The van der Waals surface area contributed by atoms with Crippen molar-refractivity contribution in [2.24, 2.45) is 46.3 Å². The first-order chi connectivity index (χ1) is 17.6. The van der Waals surface area contributed by atoms with E-state index >= 15 is 0 Å². The van der Waals surface area contributed by atoms with Gasteiger partial charge in [-0.2, -0.15) is 0 Å². The van der Waals surface area contributed by atoms with E-state index in [2.05, 4.69) is 20.8 Å². The van der Waals surface area contributed by atoms with E-state index < -0.39 is 6.17 Å². The van der Waals surface area contributed by atoms with Gasteiger partial charge in [-0.25, -0.2) is 4.39 Å². The third-order valence-corrected chi connectivity index (χ3v) is 12.8. The highest BCUT2D eigenvalue weighted by molar-refractivity contribution is 5.79. The van der Waals surface area contributed by atoms with Crippen LogP contribution < -0.4 is 0 Å². The minimum Gasteiger partial charge on any atom is -0.393 e. The Balaban J connectivity index is 1.13. The van der Waals surface area contributed by atoms with E-state index in [1.165, 1.54) is 19.3 Å². The molecule has 0 saturated heterocycles. The lowest BCUT2D eigenvalue weighted by atomic mass is 9.43. The summed E-state index contributed by atoms with van der Waals surface area (Å²) in [7, 11) is 0. The topological polar surface area (TPSA) is 60.8 Å². The van der Waals surface area contributed by atoms with Gasteiger partial charge in [-0.3, -0.25) is 4.79 Å². The number of amides is 1. The Morgan fingerprint density at radius 1 is 1.14 bits per heavy atom. The molecule has 0 aromatic carbocycles. The number of rotatable bonds is 4. The molecule has 5 heteroatoms. The third kappa shape index (κ3) is 4.00. The smallest absolute Gasteiger partial charge is 0.226 e. The van der Waals surface area contributed by atoms with Gasteiger partial charge in [0.1, 0.15) is 6.17 Å². The molecule has 4 fully saturated rings. The second-order valence-corrected chi connectivity index (χ2v) is 14.2. The van der Waals surface area contributed by atoms with Crippen molar-refractivity contribution in [3.63, 3.8) is 0 Å². The zero-order valence-electron chi connectivity index (χ0n) is 23.2. The maximum Gasteiger partial charge on any atom is 0.226 e. The number of allylic oxidation sites excluding steroid dienone is 3. The lowest BCUT2D eigenvalue weighted by molar-refractivity contribution is -0.175. The first-order valence-corrected chi connectivity index (χ1v) is 15.3. The molecule has 11 atom stereocenters. The Morgan fingerprint density at radius 3 is 2.76 bits per heavy atom. The van der Waals surface area contributed by atoms with Crippen molar-refractivity contribution >= 4 is 5.91 Å². The van der Waals surface area contributed by atoms with E-state index in [0.717, 1.165) is 50.5 Å². The Kier molecular flexibility index (Phi) is 6.66. The average molecular weight is 514 g/mol. The number of aliphatic hydroxyl groups excluding tert-OH is 2. The molecular formula is C32H48FNO3. The molecule has 4 saturated carbocycles. The molecule has 37 heavy (non-hydrogen) atoms. The summed E-state index contributed by atoms with van der Waals surface area (Å²) in [6.45, 7) is 7.75. The van der Waals surface area contributed by atoms with E-state index in [1.54, 1.807) is 4.90 Å². The summed E-state index contributed by atoms with van der Waals surface area (Å²) in [5.74, 6) is 3.27. The number of carbonyl (C=O) groups excluding carboxylic acids is 1. The number of fused-ring (bicyclic) bond motifs is 5. The zero-order chi connectivity index (χ0) is 26.1. The summed E-state index contributed by atoms with van der Waals surface area (Å²) < 4.78 is 14.6. The molecule has 1 aliphatic heterocycles. The second kappa shape index (κ2) is 9.47. The summed E-state index contributed by atoms with van der Waals surface area (Å²) >= 11 is 0. The maximum absolute atomic E-state index is 14.6. The van der Waals surface area contributed by atoms with Gasteiger partial charge < -0.3 is 15.1 Å². The van der Waals surface area contributed by atoms with Crippen LogP contribution in [0, 0.1) is 46.3 Å². The van der Waals surface area contributed by atoms with E-state index in [9.17, 15) is 19.4 Å². The molecule has 5 aliphatic carbocycles. The van der Waals surface area contributed by atoms with Crippen LogP contribution >= 0.6 is 0 Å². The van der Waals surface area contributed by atoms with Crippen LogP contribution in [0.3, 0.4) is 0 Å². The van der Waals surface area contributed by atoms with Gasteiger partial charge in [0.2, 0.25) is 5.91 Å². The van der Waals surface area contributed by atoms with Crippen molar-refractivity contribution in [2.75, 3.05) is 6.54 Å². The molecule has 4 nitrogen and oxygen atoms in total. The fraction of sp³-hybridized carbons (Fsp3) is 0.844. The van der Waals surface area contributed by atoms with Crippen LogP contribution in [0.4, 0.5) is 4.39 Å². The van der Waals surface area contributed by atoms with Crippen molar-refractivity contribution < 1.29 is 19.4 Å². The zero-order valence-corrected chi connectivity index (χ0v) is 23.2. The maximum atomic E-state index is 14.6. The van der Waals surface area contributed by atoms with Crippen LogP contribution in [-0.2, 0) is 4.79 Å². The third-order valence-electron chi connectivity index (χ3n) is 12.8. The molecule has 0 bridgehead atoms. The van der Waals surface area contributed by atoms with Crippen molar-refractivity contribution in [1.82, 2.24) is 4.90 Å². The summed E-state index contributed by atoms with van der Waals surface area (Å²) in [5, 5.41) is 22.1. The largest absolute Gasteiger partial charge is 0.393 e. The molecule has 0 aromatic rings. The number of carbonyl (C=O) groups is 1. The molecule has 6 aliphatic rings. The lowest BCUT2D eigenvalue weighted by Gasteiger charge is -2.62. The summed E-state index contributed by atoms with van der Waals surface area (Å²) in [6.07, 6.45) is 13.5. The van der Waals surface area contributed by atoms with Gasteiger partial charge in [-0.1, -0.05) is 32.9 Å². The highest BCUT2D eigenvalue weighted by atomic mass is 19.1. The summed E-state index contributed by atoms with van der Waals surface area (Å²) in [5.41, 5.74) is 1.80. The van der Waals surface area contributed by atoms with E-state index in [4.69, 9.17) is 0 Å². The summed E-state index contributed by atoms with van der Waals surface area (Å²) in [4.78, 5) is 14.9. The highest BCUT2D eigenvalue weighted by Gasteiger charge is 2.63. The van der Waals surface area contributed by atoms with Crippen LogP contribution in [-0.4, -0.2) is 45.9 Å². The summed E-state index contributed by atoms with van der Waals surface area (Å²) in [6, 6.07) is 0. The molecule has 0 spiro atoms. The highest BCUT2D eigenvalue weighted by Crippen LogP contribution is 2.68. The fourth-order valence-corrected chi connectivity index (χ4v) is 10.7. The number of alkyl halides is 1. The Labute approximate surface area is 222 Å². The Morgan fingerprint density at radius 2 is 1.95 bits per heavy atom. The van der Waals surface area contributed by atoms with Gasteiger partial charge in [0, 0.05) is 19.4 Å². The number of hydrogen-bond acceptors (Lipinski definition) is 3. The van der Waals surface area contributed by atoms with E-state index in [-0.39, 0.29) is 28.9 Å². The van der Waals surface area contributed by atoms with Crippen LogP contribution in [0.1, 0.15) is 97.8 Å².